The van der Waals surface area contributed by atoms with Crippen LogP contribution < -0.4 is 15.7 Å². The maximum Gasteiger partial charge on any atom is 0.337 e. The minimum absolute atomic E-state index is 0.157. The second-order valence-corrected chi connectivity index (χ2v) is 4.60. The Morgan fingerprint density at radius 2 is 2.19 bits per heavy atom. The van der Waals surface area contributed by atoms with Gasteiger partial charge in [0.1, 0.15) is 11.3 Å². The molecule has 1 heterocycles. The van der Waals surface area contributed by atoms with Gasteiger partial charge in [-0.1, -0.05) is 6.92 Å². The molecule has 0 fully saturated rings. The summed E-state index contributed by atoms with van der Waals surface area (Å²) >= 11 is 0. The summed E-state index contributed by atoms with van der Waals surface area (Å²) in [4.78, 5) is 23.9. The molecule has 2 N–H and O–H groups in total. The Balaban J connectivity index is 2.48. The summed E-state index contributed by atoms with van der Waals surface area (Å²) in [6.07, 6.45) is 0.593. The number of fused-ring (bicyclic) bond motifs is 1. The molecule has 1 atom stereocenters. The summed E-state index contributed by atoms with van der Waals surface area (Å²) in [7, 11) is 1.50. The minimum Gasteiger partial charge on any atom is -0.497 e. The highest BCUT2D eigenvalue weighted by Gasteiger charge is 2.16. The topological polar surface area (TPSA) is 88.8 Å². The summed E-state index contributed by atoms with van der Waals surface area (Å²) in [6, 6.07) is 5.69. The first kappa shape index (κ1) is 15.1. The zero-order valence-electron chi connectivity index (χ0n) is 11.9. The quantitative estimate of drug-likeness (QED) is 0.811. The van der Waals surface area contributed by atoms with Crippen LogP contribution in [0.3, 0.4) is 0 Å². The van der Waals surface area contributed by atoms with Crippen molar-refractivity contribution in [1.29, 1.82) is 0 Å². The van der Waals surface area contributed by atoms with Crippen LogP contribution in [0.15, 0.2) is 33.5 Å². The average Bonchev–Trinajstić information content (AvgIpc) is 2.50. The number of ether oxygens (including phenoxy) is 1. The van der Waals surface area contributed by atoms with Crippen LogP contribution in [-0.4, -0.2) is 30.8 Å². The monoisotopic (exact) mass is 291 g/mol. The smallest absolute Gasteiger partial charge is 0.337 e. The lowest BCUT2D eigenvalue weighted by Gasteiger charge is -2.14. The standard InChI is InChI=1S/C15H17NO5/c1-3-9(8-17)16-15(19)12-7-14(18)21-13-6-10(20-2)4-5-11(12)13/h4-7,9,17H,3,8H2,1-2H3,(H,16,19). The van der Waals surface area contributed by atoms with Crippen LogP contribution in [0.5, 0.6) is 5.75 Å². The number of carbonyl (C=O) groups excluding carboxylic acids is 1. The number of hydrogen-bond donors (Lipinski definition) is 2. The molecule has 1 unspecified atom stereocenters. The van der Waals surface area contributed by atoms with Crippen molar-refractivity contribution in [3.05, 3.63) is 40.2 Å². The number of aliphatic hydroxyl groups is 1. The van der Waals surface area contributed by atoms with Gasteiger partial charge in [-0.15, -0.1) is 0 Å². The molecular formula is C15H17NO5. The van der Waals surface area contributed by atoms with E-state index in [9.17, 15) is 9.59 Å². The van der Waals surface area contributed by atoms with Crippen molar-refractivity contribution in [2.45, 2.75) is 19.4 Å². The summed E-state index contributed by atoms with van der Waals surface area (Å²) in [5, 5.41) is 12.3. The van der Waals surface area contributed by atoms with Crippen molar-refractivity contribution in [3.8, 4) is 5.75 Å². The van der Waals surface area contributed by atoms with Crippen LogP contribution in [0.25, 0.3) is 11.0 Å². The van der Waals surface area contributed by atoms with E-state index in [-0.39, 0.29) is 23.8 Å². The highest BCUT2D eigenvalue weighted by Crippen LogP contribution is 2.22. The molecule has 2 aromatic rings. The summed E-state index contributed by atoms with van der Waals surface area (Å²) in [5.41, 5.74) is -0.113. The molecule has 0 aliphatic heterocycles. The molecule has 2 rings (SSSR count). The molecule has 0 saturated heterocycles. The van der Waals surface area contributed by atoms with Crippen LogP contribution in [0.1, 0.15) is 23.7 Å². The van der Waals surface area contributed by atoms with Gasteiger partial charge in [0.15, 0.2) is 0 Å². The molecule has 6 nitrogen and oxygen atoms in total. The molecule has 112 valence electrons. The molecule has 21 heavy (non-hydrogen) atoms. The summed E-state index contributed by atoms with van der Waals surface area (Å²) in [5.74, 6) is 0.115. The number of methoxy groups -OCH3 is 1. The number of carbonyl (C=O) groups is 1. The fraction of sp³-hybridized carbons (Fsp3) is 0.333. The van der Waals surface area contributed by atoms with Crippen molar-refractivity contribution >= 4 is 16.9 Å². The largest absolute Gasteiger partial charge is 0.497 e. The predicted octanol–water partition coefficient (Wildman–Crippen LogP) is 1.30. The van der Waals surface area contributed by atoms with Crippen molar-refractivity contribution in [1.82, 2.24) is 5.32 Å². The van der Waals surface area contributed by atoms with E-state index < -0.39 is 11.5 Å². The zero-order valence-corrected chi connectivity index (χ0v) is 11.9. The molecule has 0 saturated carbocycles. The molecule has 0 aliphatic rings. The van der Waals surface area contributed by atoms with Gasteiger partial charge in [0.2, 0.25) is 0 Å². The fourth-order valence-electron chi connectivity index (χ4n) is 2.00. The van der Waals surface area contributed by atoms with E-state index in [1.54, 1.807) is 18.2 Å². The Hall–Kier alpha value is -2.34. The van der Waals surface area contributed by atoms with Gasteiger partial charge < -0.3 is 19.6 Å². The summed E-state index contributed by atoms with van der Waals surface area (Å²) in [6.45, 7) is 1.69. The first-order chi connectivity index (χ1) is 10.1. The van der Waals surface area contributed by atoms with Crippen molar-refractivity contribution < 1.29 is 19.1 Å². The fourth-order valence-corrected chi connectivity index (χ4v) is 2.00. The number of rotatable bonds is 5. The Morgan fingerprint density at radius 3 is 2.81 bits per heavy atom. The molecule has 0 aliphatic carbocycles. The van der Waals surface area contributed by atoms with Crippen LogP contribution in [0.4, 0.5) is 0 Å². The Bertz CT molecular complexity index is 703. The van der Waals surface area contributed by atoms with Gasteiger partial charge in [0.25, 0.3) is 5.91 Å². The molecule has 6 heteroatoms. The SMILES string of the molecule is CCC(CO)NC(=O)c1cc(=O)oc2cc(OC)ccc12. The molecule has 0 spiro atoms. The Kier molecular flexibility index (Phi) is 4.59. The van der Waals surface area contributed by atoms with Gasteiger partial charge >= 0.3 is 5.63 Å². The van der Waals surface area contributed by atoms with Gasteiger partial charge in [-0.25, -0.2) is 4.79 Å². The third-order valence-corrected chi connectivity index (χ3v) is 3.24. The van der Waals surface area contributed by atoms with Crippen LogP contribution in [-0.2, 0) is 0 Å². The number of amides is 1. The average molecular weight is 291 g/mol. The van der Waals surface area contributed by atoms with E-state index in [0.29, 0.717) is 17.6 Å². The minimum atomic E-state index is -0.613. The van der Waals surface area contributed by atoms with Crippen molar-refractivity contribution in [2.75, 3.05) is 13.7 Å². The first-order valence-electron chi connectivity index (χ1n) is 6.62. The van der Waals surface area contributed by atoms with E-state index in [4.69, 9.17) is 14.3 Å². The van der Waals surface area contributed by atoms with Crippen molar-refractivity contribution in [2.24, 2.45) is 0 Å². The lowest BCUT2D eigenvalue weighted by atomic mass is 10.1. The molecule has 1 aromatic heterocycles. The van der Waals surface area contributed by atoms with Gasteiger partial charge in [0, 0.05) is 17.5 Å². The van der Waals surface area contributed by atoms with Crippen molar-refractivity contribution in [3.63, 3.8) is 0 Å². The lowest BCUT2D eigenvalue weighted by Crippen LogP contribution is -2.37. The highest BCUT2D eigenvalue weighted by molar-refractivity contribution is 6.05. The maximum absolute atomic E-state index is 12.3. The van der Waals surface area contributed by atoms with E-state index in [1.807, 2.05) is 6.92 Å². The number of aliphatic hydroxyl groups excluding tert-OH is 1. The second-order valence-electron chi connectivity index (χ2n) is 4.60. The zero-order chi connectivity index (χ0) is 15.4. The predicted molar refractivity (Wildman–Crippen MR) is 77.7 cm³/mol. The van der Waals surface area contributed by atoms with Crippen LogP contribution in [0, 0.1) is 0 Å². The second kappa shape index (κ2) is 6.41. The molecular weight excluding hydrogens is 274 g/mol. The molecule has 1 aromatic carbocycles. The normalized spacial score (nSPS) is 12.1. The van der Waals surface area contributed by atoms with Gasteiger partial charge in [0.05, 0.1) is 25.3 Å². The number of nitrogens with one attached hydrogen (secondary N) is 1. The molecule has 0 radical (unpaired) electrons. The molecule has 1 amide bonds. The number of benzene rings is 1. The number of hydrogen-bond acceptors (Lipinski definition) is 5. The molecule has 0 bridgehead atoms. The first-order valence-corrected chi connectivity index (χ1v) is 6.62. The van der Waals surface area contributed by atoms with E-state index in [1.165, 1.54) is 7.11 Å². The van der Waals surface area contributed by atoms with Gasteiger partial charge in [-0.3, -0.25) is 4.79 Å². The van der Waals surface area contributed by atoms with E-state index in [0.717, 1.165) is 6.07 Å². The Morgan fingerprint density at radius 1 is 1.43 bits per heavy atom. The van der Waals surface area contributed by atoms with Gasteiger partial charge in [-0.05, 0) is 18.6 Å². The Labute approximate surface area is 121 Å². The van der Waals surface area contributed by atoms with Gasteiger partial charge in [-0.2, -0.15) is 0 Å². The third kappa shape index (κ3) is 3.22. The van der Waals surface area contributed by atoms with E-state index >= 15 is 0 Å². The maximum atomic E-state index is 12.3. The lowest BCUT2D eigenvalue weighted by molar-refractivity contribution is 0.0916. The summed E-state index contributed by atoms with van der Waals surface area (Å²) < 4.78 is 10.2. The van der Waals surface area contributed by atoms with Crippen LogP contribution >= 0.6 is 0 Å². The third-order valence-electron chi connectivity index (χ3n) is 3.24. The van der Waals surface area contributed by atoms with E-state index in [2.05, 4.69) is 5.32 Å². The highest BCUT2D eigenvalue weighted by atomic mass is 16.5. The van der Waals surface area contributed by atoms with Crippen LogP contribution in [0.2, 0.25) is 0 Å².